The predicted molar refractivity (Wildman–Crippen MR) is 79.7 cm³/mol. The summed E-state index contributed by atoms with van der Waals surface area (Å²) in [4.78, 5) is 0. The molecule has 0 aliphatic carbocycles. The van der Waals surface area contributed by atoms with Crippen molar-refractivity contribution in [2.24, 2.45) is 0 Å². The van der Waals surface area contributed by atoms with Crippen LogP contribution in [0.15, 0.2) is 30.9 Å². The summed E-state index contributed by atoms with van der Waals surface area (Å²) in [5.41, 5.74) is 1.15. The number of allylic oxidation sites excluding steroid dienone is 1. The molecule has 1 atom stereocenters. The maximum Gasteiger partial charge on any atom is 0.161 e. The molecule has 0 bridgehead atoms. The molecule has 1 rings (SSSR count). The third-order valence-corrected chi connectivity index (χ3v) is 2.85. The zero-order valence-electron chi connectivity index (χ0n) is 12.6. The first-order valence-corrected chi connectivity index (χ1v) is 6.72. The summed E-state index contributed by atoms with van der Waals surface area (Å²) in [6, 6.07) is 5.88. The Morgan fingerprint density at radius 2 is 2.00 bits per heavy atom. The molecular weight excluding hydrogens is 256 g/mol. The maximum atomic E-state index is 5.66. The predicted octanol–water partition coefficient (Wildman–Crippen LogP) is 2.85. The first kappa shape index (κ1) is 16.5. The molecular formula is C16H24O4. The summed E-state index contributed by atoms with van der Waals surface area (Å²) < 4.78 is 21.5. The highest BCUT2D eigenvalue weighted by Crippen LogP contribution is 2.28. The molecule has 0 aliphatic rings. The van der Waals surface area contributed by atoms with Crippen molar-refractivity contribution in [1.82, 2.24) is 0 Å². The van der Waals surface area contributed by atoms with E-state index in [0.717, 1.165) is 23.5 Å². The van der Waals surface area contributed by atoms with Crippen molar-refractivity contribution >= 4 is 0 Å². The highest BCUT2D eigenvalue weighted by Gasteiger charge is 2.05. The van der Waals surface area contributed by atoms with Crippen LogP contribution in [0.4, 0.5) is 0 Å². The lowest BCUT2D eigenvalue weighted by Gasteiger charge is -2.13. The molecule has 20 heavy (non-hydrogen) atoms. The van der Waals surface area contributed by atoms with Gasteiger partial charge in [-0.3, -0.25) is 0 Å². The summed E-state index contributed by atoms with van der Waals surface area (Å²) in [7, 11) is 3.30. The fraction of sp³-hybridized carbons (Fsp3) is 0.500. The van der Waals surface area contributed by atoms with Gasteiger partial charge in [0.25, 0.3) is 0 Å². The van der Waals surface area contributed by atoms with Crippen LogP contribution in [0.5, 0.6) is 11.5 Å². The molecule has 0 saturated heterocycles. The topological polar surface area (TPSA) is 36.9 Å². The molecule has 0 amide bonds. The fourth-order valence-corrected chi connectivity index (χ4v) is 1.65. The van der Waals surface area contributed by atoms with Crippen molar-refractivity contribution in [1.29, 1.82) is 0 Å². The maximum absolute atomic E-state index is 5.66. The first-order valence-electron chi connectivity index (χ1n) is 6.72. The quantitative estimate of drug-likeness (QED) is 0.488. The molecule has 0 aromatic heterocycles. The molecule has 1 unspecified atom stereocenters. The van der Waals surface area contributed by atoms with Gasteiger partial charge in [-0.05, 0) is 31.0 Å². The minimum absolute atomic E-state index is 0.0997. The van der Waals surface area contributed by atoms with Crippen LogP contribution in [0.3, 0.4) is 0 Å². The van der Waals surface area contributed by atoms with Gasteiger partial charge in [0.05, 0.1) is 26.4 Å². The minimum atomic E-state index is 0.0997. The molecule has 0 N–H and O–H groups in total. The van der Waals surface area contributed by atoms with E-state index in [0.29, 0.717) is 19.8 Å². The van der Waals surface area contributed by atoms with Gasteiger partial charge in [0.1, 0.15) is 6.61 Å². The van der Waals surface area contributed by atoms with Gasteiger partial charge in [0.15, 0.2) is 11.5 Å². The number of hydrogen-bond donors (Lipinski definition) is 0. The number of hydrogen-bond acceptors (Lipinski definition) is 4. The second kappa shape index (κ2) is 9.39. The van der Waals surface area contributed by atoms with Crippen LogP contribution in [0.1, 0.15) is 12.5 Å². The van der Waals surface area contributed by atoms with E-state index in [2.05, 4.69) is 6.58 Å². The fourth-order valence-electron chi connectivity index (χ4n) is 1.65. The highest BCUT2D eigenvalue weighted by molar-refractivity contribution is 5.43. The monoisotopic (exact) mass is 280 g/mol. The van der Waals surface area contributed by atoms with E-state index in [1.165, 1.54) is 0 Å². The Balaban J connectivity index is 2.41. The molecule has 0 saturated carbocycles. The van der Waals surface area contributed by atoms with E-state index in [4.69, 9.17) is 18.9 Å². The van der Waals surface area contributed by atoms with Crippen molar-refractivity contribution in [3.63, 3.8) is 0 Å². The van der Waals surface area contributed by atoms with Gasteiger partial charge in [-0.2, -0.15) is 0 Å². The summed E-state index contributed by atoms with van der Waals surface area (Å²) in [6.07, 6.45) is 2.78. The van der Waals surface area contributed by atoms with Gasteiger partial charge in [-0.15, -0.1) is 6.58 Å². The second-order valence-corrected chi connectivity index (χ2v) is 4.45. The lowest BCUT2D eigenvalue weighted by molar-refractivity contribution is 0.00938. The standard InChI is InChI=1S/C16H24O4/c1-5-6-14-7-8-15(16(11-14)18-4)20-10-9-19-12-13(2)17-3/h5,7-8,11,13H,1,6,9-10,12H2,2-4H3. The number of methoxy groups -OCH3 is 2. The van der Waals surface area contributed by atoms with Gasteiger partial charge in [-0.1, -0.05) is 12.1 Å². The van der Waals surface area contributed by atoms with Gasteiger partial charge in [-0.25, -0.2) is 0 Å². The largest absolute Gasteiger partial charge is 0.493 e. The van der Waals surface area contributed by atoms with Crippen LogP contribution in [0, 0.1) is 0 Å². The van der Waals surface area contributed by atoms with Gasteiger partial charge < -0.3 is 18.9 Å². The number of benzene rings is 1. The van der Waals surface area contributed by atoms with E-state index in [-0.39, 0.29) is 6.10 Å². The lowest BCUT2D eigenvalue weighted by Crippen LogP contribution is -2.16. The van der Waals surface area contributed by atoms with Crippen molar-refractivity contribution in [2.75, 3.05) is 34.0 Å². The smallest absolute Gasteiger partial charge is 0.161 e. The third-order valence-electron chi connectivity index (χ3n) is 2.85. The number of ether oxygens (including phenoxy) is 4. The van der Waals surface area contributed by atoms with Crippen LogP contribution in [-0.2, 0) is 15.9 Å². The van der Waals surface area contributed by atoms with Crippen molar-refractivity contribution in [3.05, 3.63) is 36.4 Å². The molecule has 4 heteroatoms. The third kappa shape index (κ3) is 5.63. The van der Waals surface area contributed by atoms with Crippen LogP contribution in [0.2, 0.25) is 0 Å². The summed E-state index contributed by atoms with van der Waals surface area (Å²) in [6.45, 7) is 7.25. The van der Waals surface area contributed by atoms with Crippen LogP contribution in [-0.4, -0.2) is 40.1 Å². The Bertz CT molecular complexity index is 403. The van der Waals surface area contributed by atoms with E-state index >= 15 is 0 Å². The lowest BCUT2D eigenvalue weighted by atomic mass is 10.1. The van der Waals surface area contributed by atoms with E-state index in [1.807, 2.05) is 31.2 Å². The summed E-state index contributed by atoms with van der Waals surface area (Å²) >= 11 is 0. The molecule has 1 aromatic carbocycles. The van der Waals surface area contributed by atoms with Crippen molar-refractivity contribution in [3.8, 4) is 11.5 Å². The van der Waals surface area contributed by atoms with Gasteiger partial charge in [0, 0.05) is 7.11 Å². The summed E-state index contributed by atoms with van der Waals surface area (Å²) in [5.74, 6) is 1.46. The molecule has 0 radical (unpaired) electrons. The zero-order chi connectivity index (χ0) is 14.8. The van der Waals surface area contributed by atoms with E-state index in [9.17, 15) is 0 Å². The average Bonchev–Trinajstić information content (AvgIpc) is 2.47. The molecule has 1 aromatic rings. The normalized spacial score (nSPS) is 11.9. The molecule has 0 fully saturated rings. The Morgan fingerprint density at radius 3 is 2.65 bits per heavy atom. The summed E-state index contributed by atoms with van der Waals surface area (Å²) in [5, 5.41) is 0. The molecule has 0 aliphatic heterocycles. The van der Waals surface area contributed by atoms with E-state index < -0.39 is 0 Å². The van der Waals surface area contributed by atoms with Crippen molar-refractivity contribution in [2.45, 2.75) is 19.4 Å². The van der Waals surface area contributed by atoms with Crippen LogP contribution in [0.25, 0.3) is 0 Å². The minimum Gasteiger partial charge on any atom is -0.493 e. The number of rotatable bonds is 10. The Hall–Kier alpha value is -1.52. The average molecular weight is 280 g/mol. The first-order chi connectivity index (χ1) is 9.71. The van der Waals surface area contributed by atoms with Gasteiger partial charge in [0.2, 0.25) is 0 Å². The molecule has 4 nitrogen and oxygen atoms in total. The van der Waals surface area contributed by atoms with Crippen LogP contribution < -0.4 is 9.47 Å². The highest BCUT2D eigenvalue weighted by atomic mass is 16.6. The molecule has 0 spiro atoms. The van der Waals surface area contributed by atoms with Crippen LogP contribution >= 0.6 is 0 Å². The van der Waals surface area contributed by atoms with E-state index in [1.54, 1.807) is 14.2 Å². The second-order valence-electron chi connectivity index (χ2n) is 4.45. The molecule has 112 valence electrons. The Labute approximate surface area is 121 Å². The Kier molecular flexibility index (Phi) is 7.77. The Morgan fingerprint density at radius 1 is 1.20 bits per heavy atom. The molecule has 0 heterocycles. The zero-order valence-corrected chi connectivity index (χ0v) is 12.6. The van der Waals surface area contributed by atoms with Gasteiger partial charge >= 0.3 is 0 Å². The SMILES string of the molecule is C=CCc1ccc(OCCOCC(C)OC)c(OC)c1. The van der Waals surface area contributed by atoms with Crippen molar-refractivity contribution < 1.29 is 18.9 Å².